The minimum absolute atomic E-state index is 0. The zero-order valence-electron chi connectivity index (χ0n) is 19.7. The number of carbonyl (C=O) groups excluding carboxylic acids is 1. The van der Waals surface area contributed by atoms with Crippen LogP contribution in [-0.4, -0.2) is 58.9 Å². The van der Waals surface area contributed by atoms with E-state index < -0.39 is 5.97 Å². The molecule has 2 aromatic rings. The van der Waals surface area contributed by atoms with Crippen LogP contribution in [0.4, 0.5) is 0 Å². The normalized spacial score (nSPS) is 18.1. The molecule has 2 heterocycles. The van der Waals surface area contributed by atoms with E-state index in [9.17, 15) is 4.79 Å². The number of halogens is 1. The number of hydrogen-bond donors (Lipinski definition) is 1. The number of benzene rings is 2. The highest BCUT2D eigenvalue weighted by molar-refractivity contribution is 7.99. The summed E-state index contributed by atoms with van der Waals surface area (Å²) in [6, 6.07) is 20.1. The molecule has 8 heteroatoms. The van der Waals surface area contributed by atoms with Crippen molar-refractivity contribution in [2.45, 2.75) is 32.2 Å². The average Bonchev–Trinajstić information content (AvgIpc) is 3.51. The number of carboxylic acid groups (broad SMARTS) is 1. The second kappa shape index (κ2) is 17.5. The Hall–Kier alpha value is -1.96. The van der Waals surface area contributed by atoms with Crippen molar-refractivity contribution in [1.29, 1.82) is 0 Å². The van der Waals surface area contributed by atoms with Crippen LogP contribution in [0.3, 0.4) is 0 Å². The Morgan fingerprint density at radius 3 is 2.29 bits per heavy atom. The summed E-state index contributed by atoms with van der Waals surface area (Å²) in [5.74, 6) is 4.44. The second-order valence-corrected chi connectivity index (χ2v) is 9.92. The van der Waals surface area contributed by atoms with Gasteiger partial charge in [-0.3, -0.25) is 9.59 Å². The van der Waals surface area contributed by atoms with Crippen LogP contribution in [0.1, 0.15) is 42.1 Å². The quantitative estimate of drug-likeness (QED) is 0.441. The van der Waals surface area contributed by atoms with Gasteiger partial charge in [0, 0.05) is 24.5 Å². The average molecular weight is 524 g/mol. The third-order valence-corrected chi connectivity index (χ3v) is 6.86. The maximum Gasteiger partial charge on any atom is 0.300 e. The van der Waals surface area contributed by atoms with Crippen LogP contribution in [0.2, 0.25) is 0 Å². The predicted molar refractivity (Wildman–Crippen MR) is 147 cm³/mol. The third-order valence-electron chi connectivity index (χ3n) is 4.98. The maximum absolute atomic E-state index is 11.8. The van der Waals surface area contributed by atoms with Gasteiger partial charge in [-0.15, -0.1) is 12.4 Å². The molecule has 0 radical (unpaired) electrons. The van der Waals surface area contributed by atoms with Gasteiger partial charge in [0.15, 0.2) is 5.78 Å². The first-order valence-corrected chi connectivity index (χ1v) is 13.6. The third kappa shape index (κ3) is 12.0. The maximum atomic E-state index is 11.8. The molecule has 186 valence electrons. The Morgan fingerprint density at radius 2 is 1.74 bits per heavy atom. The molecule has 0 spiro atoms. The first-order valence-electron chi connectivity index (χ1n) is 11.1. The lowest BCUT2D eigenvalue weighted by atomic mass is 9.98. The molecule has 1 N–H and O–H groups in total. The Labute approximate surface area is 217 Å². The van der Waals surface area contributed by atoms with Crippen molar-refractivity contribution in [3.63, 3.8) is 0 Å². The number of aliphatic carboxylic acids is 1. The van der Waals surface area contributed by atoms with Gasteiger partial charge in [0.1, 0.15) is 6.61 Å². The minimum Gasteiger partial charge on any atom is -0.481 e. The van der Waals surface area contributed by atoms with Crippen LogP contribution >= 0.6 is 35.9 Å². The zero-order chi connectivity index (χ0) is 23.9. The molecule has 0 aromatic heterocycles. The number of Topliss-reactive ketones (excluding diaryl/α,β-unsaturated/α-hetero) is 1. The molecule has 0 amide bonds. The number of hydrogen-bond acceptors (Lipinski definition) is 6. The van der Waals surface area contributed by atoms with Crippen molar-refractivity contribution in [2.75, 3.05) is 30.1 Å². The predicted octanol–water partition coefficient (Wildman–Crippen LogP) is 6.11. The van der Waals surface area contributed by atoms with Crippen LogP contribution in [0.15, 0.2) is 65.7 Å². The van der Waals surface area contributed by atoms with E-state index in [1.807, 2.05) is 84.2 Å². The standard InChI is InChI=1S/C12H15NOS.C12H14OS.C2H4O2.ClH/c1-15-8-7-11-9-14-12(13-11)10-5-3-2-4-6-10;13-12(8-10-6-7-14-9-10)11-4-2-1-3-5-11;1-2(3)4;/h2-6,11H,7-9H2,1H3;1-5,10H,6-9H2;1H3,(H,3,4);1H/t11-;10-;;/m01../s1. The largest absolute Gasteiger partial charge is 0.481 e. The lowest BCUT2D eigenvalue weighted by Gasteiger charge is -2.06. The van der Waals surface area contributed by atoms with Gasteiger partial charge < -0.3 is 9.84 Å². The Bertz CT molecular complexity index is 871. The summed E-state index contributed by atoms with van der Waals surface area (Å²) in [5.41, 5.74) is 1.95. The van der Waals surface area contributed by atoms with Crippen molar-refractivity contribution in [3.8, 4) is 0 Å². The fourth-order valence-corrected chi connectivity index (χ4v) is 5.10. The van der Waals surface area contributed by atoms with Gasteiger partial charge >= 0.3 is 0 Å². The highest BCUT2D eigenvalue weighted by Gasteiger charge is 2.20. The Morgan fingerprint density at radius 1 is 1.12 bits per heavy atom. The summed E-state index contributed by atoms with van der Waals surface area (Å²) in [4.78, 5) is 25.4. The van der Waals surface area contributed by atoms with Gasteiger partial charge in [-0.05, 0) is 54.4 Å². The number of ketones is 1. The van der Waals surface area contributed by atoms with Gasteiger partial charge in [-0.25, -0.2) is 4.99 Å². The molecule has 2 aromatic carbocycles. The minimum atomic E-state index is -0.833. The van der Waals surface area contributed by atoms with Gasteiger partial charge in [-0.1, -0.05) is 48.5 Å². The second-order valence-electron chi connectivity index (χ2n) is 7.79. The molecule has 0 bridgehead atoms. The van der Waals surface area contributed by atoms with Crippen molar-refractivity contribution < 1.29 is 19.4 Å². The fourth-order valence-electron chi connectivity index (χ4n) is 3.30. The van der Waals surface area contributed by atoms with Crippen LogP contribution in [0, 0.1) is 5.92 Å². The first kappa shape index (κ1) is 30.1. The molecule has 5 nitrogen and oxygen atoms in total. The van der Waals surface area contributed by atoms with E-state index in [1.165, 1.54) is 17.9 Å². The summed E-state index contributed by atoms with van der Waals surface area (Å²) in [7, 11) is 0. The van der Waals surface area contributed by atoms with Gasteiger partial charge in [0.05, 0.1) is 6.04 Å². The van der Waals surface area contributed by atoms with Crippen molar-refractivity contribution in [1.82, 2.24) is 0 Å². The molecule has 2 aliphatic rings. The molecule has 2 atom stereocenters. The lowest BCUT2D eigenvalue weighted by Crippen LogP contribution is -2.07. The summed E-state index contributed by atoms with van der Waals surface area (Å²) in [6.45, 7) is 1.82. The van der Waals surface area contributed by atoms with Crippen LogP contribution in [0.25, 0.3) is 0 Å². The number of aliphatic imine (C=N–C) groups is 1. The molecule has 2 aliphatic heterocycles. The van der Waals surface area contributed by atoms with Gasteiger partial charge in [0.25, 0.3) is 5.97 Å². The molecule has 1 saturated heterocycles. The lowest BCUT2D eigenvalue weighted by molar-refractivity contribution is -0.134. The monoisotopic (exact) mass is 523 g/mol. The van der Waals surface area contributed by atoms with E-state index in [0.717, 1.165) is 49.1 Å². The highest BCUT2D eigenvalue weighted by atomic mass is 35.5. The number of nitrogens with zero attached hydrogens (tertiary/aromatic N) is 1. The van der Waals surface area contributed by atoms with Crippen LogP contribution < -0.4 is 0 Å². The Kier molecular flexibility index (Phi) is 15.5. The topological polar surface area (TPSA) is 76.0 Å². The molecule has 1 fully saturated rings. The van der Waals surface area contributed by atoms with E-state index in [4.69, 9.17) is 14.6 Å². The van der Waals surface area contributed by atoms with Crippen molar-refractivity contribution >= 4 is 53.6 Å². The number of ether oxygens (including phenoxy) is 1. The summed E-state index contributed by atoms with van der Waals surface area (Å²) in [5, 5.41) is 7.42. The summed E-state index contributed by atoms with van der Waals surface area (Å²) in [6.07, 6.45) is 5.18. The van der Waals surface area contributed by atoms with Gasteiger partial charge in [-0.2, -0.15) is 23.5 Å². The van der Waals surface area contributed by atoms with E-state index >= 15 is 0 Å². The number of thioether (sulfide) groups is 2. The van der Waals surface area contributed by atoms with Crippen molar-refractivity contribution in [3.05, 3.63) is 71.8 Å². The number of rotatable bonds is 7. The molecular formula is C26H34ClNO4S2. The van der Waals surface area contributed by atoms with E-state index in [0.29, 0.717) is 17.7 Å². The molecular weight excluding hydrogens is 490 g/mol. The van der Waals surface area contributed by atoms with Crippen LogP contribution in [0.5, 0.6) is 0 Å². The zero-order valence-corrected chi connectivity index (χ0v) is 22.2. The van der Waals surface area contributed by atoms with E-state index in [2.05, 4.69) is 11.2 Å². The molecule has 0 unspecified atom stereocenters. The SMILES string of the molecule is CC(=O)O.CSCC[C@H]1COC(c2ccccc2)=N1.Cl.O=C(C[C@H]1CCSC1)c1ccccc1. The number of carboxylic acids is 1. The fraction of sp³-hybridized carbons (Fsp3) is 0.423. The van der Waals surface area contributed by atoms with E-state index in [1.54, 1.807) is 0 Å². The van der Waals surface area contributed by atoms with E-state index in [-0.39, 0.29) is 12.4 Å². The molecule has 4 rings (SSSR count). The molecule has 34 heavy (non-hydrogen) atoms. The smallest absolute Gasteiger partial charge is 0.300 e. The molecule has 0 saturated carbocycles. The van der Waals surface area contributed by atoms with Crippen LogP contribution in [-0.2, 0) is 9.53 Å². The molecule has 0 aliphatic carbocycles. The highest BCUT2D eigenvalue weighted by Crippen LogP contribution is 2.27. The van der Waals surface area contributed by atoms with Crippen molar-refractivity contribution in [2.24, 2.45) is 10.9 Å². The number of carbonyl (C=O) groups is 2. The Balaban J connectivity index is 0.000000288. The van der Waals surface area contributed by atoms with Gasteiger partial charge in [0.2, 0.25) is 5.90 Å². The first-order chi connectivity index (χ1) is 16.0. The summed E-state index contributed by atoms with van der Waals surface area (Å²) < 4.78 is 5.59. The summed E-state index contributed by atoms with van der Waals surface area (Å²) >= 11 is 3.83.